The van der Waals surface area contributed by atoms with Gasteiger partial charge in [0.15, 0.2) is 0 Å². The lowest BCUT2D eigenvalue weighted by atomic mass is 9.82. The summed E-state index contributed by atoms with van der Waals surface area (Å²) in [5, 5.41) is 12.7. The first-order chi connectivity index (χ1) is 15.9. The Morgan fingerprint density at radius 2 is 1.42 bits per heavy atom. The van der Waals surface area contributed by atoms with Crippen molar-refractivity contribution < 1.29 is 18.7 Å². The summed E-state index contributed by atoms with van der Waals surface area (Å²) in [5.74, 6) is -0.771. The Morgan fingerprint density at radius 1 is 0.758 bits per heavy atom. The minimum atomic E-state index is -1.05. The average Bonchev–Trinajstić information content (AvgIpc) is 2.79. The second kappa shape index (κ2) is 7.13. The van der Waals surface area contributed by atoms with E-state index in [4.69, 9.17) is 36.8 Å². The van der Waals surface area contributed by atoms with Crippen LogP contribution in [0.2, 0.25) is 10.0 Å². The maximum Gasteiger partial charge on any atom is 0.344 e. The molecule has 0 fully saturated rings. The molecule has 1 aliphatic heterocycles. The van der Waals surface area contributed by atoms with E-state index in [1.807, 2.05) is 0 Å². The van der Waals surface area contributed by atoms with Crippen LogP contribution < -0.4 is 16.0 Å². The largest absolute Gasteiger partial charge is 0.507 e. The van der Waals surface area contributed by atoms with Gasteiger partial charge in [-0.3, -0.25) is 0 Å². The van der Waals surface area contributed by atoms with Gasteiger partial charge < -0.3 is 18.7 Å². The van der Waals surface area contributed by atoms with Crippen molar-refractivity contribution in [2.24, 2.45) is 0 Å². The Balaban J connectivity index is 1.77. The Morgan fingerprint density at radius 3 is 2.24 bits per heavy atom. The van der Waals surface area contributed by atoms with E-state index >= 15 is 0 Å². The second-order valence-corrected chi connectivity index (χ2v) is 8.51. The SMILES string of the molecule is O=c1oc2ccc(Cl)cc2c(O)c1C1c2cc(Cl)ccc2Oc2c1c(=O)oc1ccccc21. The maximum absolute atomic E-state index is 13.2. The fourth-order valence-electron chi connectivity index (χ4n) is 4.33. The van der Waals surface area contributed by atoms with Gasteiger partial charge in [-0.15, -0.1) is 0 Å². The smallest absolute Gasteiger partial charge is 0.344 e. The van der Waals surface area contributed by atoms with Gasteiger partial charge in [0.1, 0.15) is 28.4 Å². The average molecular weight is 479 g/mol. The lowest BCUT2D eigenvalue weighted by molar-refractivity contribution is 0.425. The summed E-state index contributed by atoms with van der Waals surface area (Å²) in [4.78, 5) is 26.3. The molecule has 6 rings (SSSR count). The van der Waals surface area contributed by atoms with Crippen molar-refractivity contribution in [1.82, 2.24) is 0 Å². The van der Waals surface area contributed by atoms with Crippen molar-refractivity contribution >= 4 is 45.1 Å². The number of hydrogen-bond acceptors (Lipinski definition) is 6. The van der Waals surface area contributed by atoms with Crippen LogP contribution in [0.3, 0.4) is 0 Å². The highest BCUT2D eigenvalue weighted by molar-refractivity contribution is 6.31. The number of hydrogen-bond donors (Lipinski definition) is 1. The number of fused-ring (bicyclic) bond motifs is 5. The fourth-order valence-corrected chi connectivity index (χ4v) is 4.68. The van der Waals surface area contributed by atoms with Crippen molar-refractivity contribution in [3.8, 4) is 17.2 Å². The van der Waals surface area contributed by atoms with Crippen LogP contribution in [0, 0.1) is 0 Å². The molecule has 162 valence electrons. The van der Waals surface area contributed by atoms with E-state index in [0.29, 0.717) is 32.3 Å². The fraction of sp³-hybridized carbons (Fsp3) is 0.0400. The first-order valence-electron chi connectivity index (χ1n) is 9.90. The molecular weight excluding hydrogens is 467 g/mol. The van der Waals surface area contributed by atoms with Crippen LogP contribution in [0.25, 0.3) is 21.9 Å². The Hall–Kier alpha value is -3.74. The van der Waals surface area contributed by atoms with Gasteiger partial charge in [0, 0.05) is 15.6 Å². The molecule has 1 unspecified atom stereocenters. The monoisotopic (exact) mass is 478 g/mol. The molecule has 0 saturated carbocycles. The number of rotatable bonds is 1. The number of aromatic hydroxyl groups is 1. The van der Waals surface area contributed by atoms with Gasteiger partial charge in [-0.2, -0.15) is 0 Å². The molecule has 3 aromatic carbocycles. The van der Waals surface area contributed by atoms with E-state index in [1.54, 1.807) is 48.5 Å². The summed E-state index contributed by atoms with van der Waals surface area (Å²) in [6, 6.07) is 16.3. The van der Waals surface area contributed by atoms with Crippen LogP contribution in [0.4, 0.5) is 0 Å². The van der Waals surface area contributed by atoms with Crippen LogP contribution in [0.15, 0.2) is 79.1 Å². The molecule has 0 aliphatic carbocycles. The third-order valence-corrected chi connectivity index (χ3v) is 6.22. The summed E-state index contributed by atoms with van der Waals surface area (Å²) >= 11 is 12.4. The zero-order valence-electron chi connectivity index (χ0n) is 16.6. The minimum Gasteiger partial charge on any atom is -0.507 e. The summed E-state index contributed by atoms with van der Waals surface area (Å²) in [6.07, 6.45) is 0. The molecule has 1 aliphatic rings. The second-order valence-electron chi connectivity index (χ2n) is 7.64. The minimum absolute atomic E-state index is 0.0624. The van der Waals surface area contributed by atoms with Crippen molar-refractivity contribution in [3.63, 3.8) is 0 Å². The number of benzene rings is 3. The van der Waals surface area contributed by atoms with Crippen LogP contribution >= 0.6 is 23.2 Å². The normalized spacial score (nSPS) is 14.7. The zero-order valence-corrected chi connectivity index (χ0v) is 18.1. The molecule has 1 N–H and O–H groups in total. The molecule has 0 saturated heterocycles. The molecule has 6 nitrogen and oxygen atoms in total. The van der Waals surface area contributed by atoms with E-state index in [-0.39, 0.29) is 33.6 Å². The third kappa shape index (κ3) is 2.95. The van der Waals surface area contributed by atoms with Crippen LogP contribution in [0.5, 0.6) is 17.2 Å². The molecule has 8 heteroatoms. The van der Waals surface area contributed by atoms with Crippen molar-refractivity contribution in [1.29, 1.82) is 0 Å². The summed E-state index contributed by atoms with van der Waals surface area (Å²) in [5.41, 5.74) is -0.675. The van der Waals surface area contributed by atoms with E-state index in [9.17, 15) is 14.7 Å². The quantitative estimate of drug-likeness (QED) is 0.283. The lowest BCUT2D eigenvalue weighted by Crippen LogP contribution is -2.24. The summed E-state index contributed by atoms with van der Waals surface area (Å²) in [7, 11) is 0. The van der Waals surface area contributed by atoms with Crippen LogP contribution in [-0.4, -0.2) is 5.11 Å². The molecule has 1 atom stereocenters. The first kappa shape index (κ1) is 19.9. The standard InChI is InChI=1S/C25H12Cl2O6/c26-11-5-7-17-14(9-11)19(20-22(28)15-10-12(27)6-8-18(15)33-24(20)29)21-23(31-17)13-3-1-2-4-16(13)32-25(21)30/h1-10,19,28H. The third-order valence-electron chi connectivity index (χ3n) is 5.75. The number of ether oxygens (including phenoxy) is 1. The predicted octanol–water partition coefficient (Wildman–Crippen LogP) is 6.20. The maximum atomic E-state index is 13.2. The molecule has 0 amide bonds. The van der Waals surface area contributed by atoms with Crippen LogP contribution in [0.1, 0.15) is 22.6 Å². The van der Waals surface area contributed by atoms with Gasteiger partial charge in [-0.05, 0) is 48.5 Å². The predicted molar refractivity (Wildman–Crippen MR) is 124 cm³/mol. The van der Waals surface area contributed by atoms with E-state index < -0.39 is 17.2 Å². The van der Waals surface area contributed by atoms with E-state index in [2.05, 4.69) is 0 Å². The highest BCUT2D eigenvalue weighted by Gasteiger charge is 2.38. The van der Waals surface area contributed by atoms with Crippen molar-refractivity contribution in [2.45, 2.75) is 5.92 Å². The van der Waals surface area contributed by atoms with E-state index in [1.165, 1.54) is 12.1 Å². The summed E-state index contributed by atoms with van der Waals surface area (Å²) < 4.78 is 17.1. The van der Waals surface area contributed by atoms with Crippen molar-refractivity contribution in [2.75, 3.05) is 0 Å². The molecule has 3 heterocycles. The molecule has 33 heavy (non-hydrogen) atoms. The number of halogens is 2. The highest BCUT2D eigenvalue weighted by atomic mass is 35.5. The molecular formula is C25H12Cl2O6. The molecule has 5 aromatic rings. The first-order valence-corrected chi connectivity index (χ1v) is 10.7. The molecule has 2 aromatic heterocycles. The number of para-hydroxylation sites is 1. The molecule has 0 spiro atoms. The molecule has 0 bridgehead atoms. The van der Waals surface area contributed by atoms with Gasteiger partial charge in [0.05, 0.1) is 27.8 Å². The summed E-state index contributed by atoms with van der Waals surface area (Å²) in [6.45, 7) is 0. The van der Waals surface area contributed by atoms with Gasteiger partial charge in [-0.1, -0.05) is 35.3 Å². The Bertz CT molecular complexity index is 1730. The van der Waals surface area contributed by atoms with Gasteiger partial charge in [-0.25, -0.2) is 9.59 Å². The van der Waals surface area contributed by atoms with Gasteiger partial charge >= 0.3 is 11.3 Å². The van der Waals surface area contributed by atoms with E-state index in [0.717, 1.165) is 0 Å². The molecule has 0 radical (unpaired) electrons. The topological polar surface area (TPSA) is 89.9 Å². The highest BCUT2D eigenvalue weighted by Crippen LogP contribution is 2.50. The lowest BCUT2D eigenvalue weighted by Gasteiger charge is -2.28. The Kier molecular flexibility index (Phi) is 4.30. The van der Waals surface area contributed by atoms with Crippen molar-refractivity contribution in [3.05, 3.63) is 108 Å². The van der Waals surface area contributed by atoms with Crippen LogP contribution in [-0.2, 0) is 0 Å². The van der Waals surface area contributed by atoms with Gasteiger partial charge in [0.25, 0.3) is 0 Å². The zero-order chi connectivity index (χ0) is 22.9. The Labute approximate surface area is 195 Å². The van der Waals surface area contributed by atoms with Gasteiger partial charge in [0.2, 0.25) is 0 Å².